The summed E-state index contributed by atoms with van der Waals surface area (Å²) < 4.78 is 5.27. The minimum atomic E-state index is -0.898. The molecule has 0 fully saturated rings. The van der Waals surface area contributed by atoms with Gasteiger partial charge in [0.05, 0.1) is 12.1 Å². The lowest BCUT2D eigenvalue weighted by Crippen LogP contribution is -2.30. The number of pyridine rings is 1. The molecule has 0 saturated carbocycles. The molecule has 2 heterocycles. The summed E-state index contributed by atoms with van der Waals surface area (Å²) in [6, 6.07) is 9.48. The Morgan fingerprint density at radius 3 is 2.79 bits per heavy atom. The van der Waals surface area contributed by atoms with Crippen molar-refractivity contribution in [2.45, 2.75) is 33.3 Å². The number of nitrogens with zero attached hydrogens (tertiary/aromatic N) is 2. The van der Waals surface area contributed by atoms with Gasteiger partial charge in [-0.05, 0) is 44.5 Å². The molecule has 1 aromatic carbocycles. The Morgan fingerprint density at radius 2 is 2.07 bits per heavy atom. The highest BCUT2D eigenvalue weighted by atomic mass is 32.1. The van der Waals surface area contributed by atoms with E-state index < -0.39 is 12.1 Å². The Morgan fingerprint density at radius 1 is 1.25 bits per heavy atom. The van der Waals surface area contributed by atoms with Gasteiger partial charge in [0.1, 0.15) is 5.01 Å². The molecule has 28 heavy (non-hydrogen) atoms. The molecule has 0 unspecified atom stereocenters. The van der Waals surface area contributed by atoms with Gasteiger partial charge in [0, 0.05) is 29.0 Å². The second-order valence-corrected chi connectivity index (χ2v) is 7.36. The van der Waals surface area contributed by atoms with Crippen molar-refractivity contribution in [2.75, 3.05) is 5.32 Å². The van der Waals surface area contributed by atoms with Crippen molar-refractivity contribution in [1.82, 2.24) is 9.97 Å². The van der Waals surface area contributed by atoms with Crippen LogP contribution in [0.3, 0.4) is 0 Å². The first-order valence-corrected chi connectivity index (χ1v) is 9.73. The number of hydrogen-bond acceptors (Lipinski definition) is 6. The zero-order chi connectivity index (χ0) is 20.1. The first kappa shape index (κ1) is 19.7. The van der Waals surface area contributed by atoms with E-state index in [0.29, 0.717) is 11.4 Å². The zero-order valence-electron chi connectivity index (χ0n) is 15.9. The Hall–Kier alpha value is -3.06. The first-order chi connectivity index (χ1) is 13.4. The number of carbonyl (C=O) groups is 2. The third-order valence-corrected chi connectivity index (χ3v) is 5.04. The maximum atomic E-state index is 12.3. The minimum Gasteiger partial charge on any atom is -0.452 e. The van der Waals surface area contributed by atoms with Crippen molar-refractivity contribution in [3.8, 4) is 10.6 Å². The molecule has 1 amide bonds. The number of amides is 1. The third kappa shape index (κ3) is 5.01. The number of rotatable bonds is 6. The van der Waals surface area contributed by atoms with Crippen LogP contribution < -0.4 is 5.32 Å². The van der Waals surface area contributed by atoms with Gasteiger partial charge in [-0.15, -0.1) is 11.3 Å². The number of nitrogens with one attached hydrogen (secondary N) is 1. The maximum Gasteiger partial charge on any atom is 0.312 e. The molecule has 0 aliphatic rings. The highest BCUT2D eigenvalue weighted by molar-refractivity contribution is 7.13. The number of esters is 1. The van der Waals surface area contributed by atoms with Crippen molar-refractivity contribution >= 4 is 28.9 Å². The quantitative estimate of drug-likeness (QED) is 0.640. The Balaban J connectivity index is 1.55. The van der Waals surface area contributed by atoms with Gasteiger partial charge in [0.25, 0.3) is 5.91 Å². The van der Waals surface area contributed by atoms with Crippen LogP contribution in [0.5, 0.6) is 0 Å². The van der Waals surface area contributed by atoms with Crippen LogP contribution in [0.4, 0.5) is 5.69 Å². The molecule has 0 aliphatic carbocycles. The Labute approximate surface area is 167 Å². The number of benzene rings is 1. The van der Waals surface area contributed by atoms with Crippen LogP contribution in [-0.2, 0) is 20.7 Å². The molecule has 0 spiro atoms. The monoisotopic (exact) mass is 395 g/mol. The van der Waals surface area contributed by atoms with Crippen molar-refractivity contribution in [3.63, 3.8) is 0 Å². The van der Waals surface area contributed by atoms with Gasteiger partial charge >= 0.3 is 5.97 Å². The molecule has 144 valence electrons. The zero-order valence-corrected chi connectivity index (χ0v) is 16.7. The summed E-state index contributed by atoms with van der Waals surface area (Å²) in [6.45, 7) is 5.46. The number of aryl methyl sites for hydroxylation is 2. The number of hydrogen-bond donors (Lipinski definition) is 1. The van der Waals surface area contributed by atoms with E-state index in [1.54, 1.807) is 19.3 Å². The molecular formula is C21H21N3O3S. The van der Waals surface area contributed by atoms with Crippen molar-refractivity contribution in [3.05, 3.63) is 64.9 Å². The number of ether oxygens (including phenoxy) is 1. The van der Waals surface area contributed by atoms with Crippen molar-refractivity contribution in [1.29, 1.82) is 0 Å². The fourth-order valence-electron chi connectivity index (χ4n) is 2.64. The lowest BCUT2D eigenvalue weighted by Gasteiger charge is -2.14. The van der Waals surface area contributed by atoms with Crippen LogP contribution in [0.25, 0.3) is 10.6 Å². The molecule has 0 aliphatic heterocycles. The summed E-state index contributed by atoms with van der Waals surface area (Å²) in [7, 11) is 0. The number of carbonyl (C=O) groups excluding carboxylic acids is 2. The van der Waals surface area contributed by atoms with Gasteiger partial charge in [0.15, 0.2) is 6.10 Å². The smallest absolute Gasteiger partial charge is 0.312 e. The van der Waals surface area contributed by atoms with E-state index in [-0.39, 0.29) is 12.3 Å². The molecular weight excluding hydrogens is 374 g/mol. The van der Waals surface area contributed by atoms with E-state index in [4.69, 9.17) is 4.74 Å². The van der Waals surface area contributed by atoms with E-state index >= 15 is 0 Å². The molecule has 6 nitrogen and oxygen atoms in total. The lowest BCUT2D eigenvalue weighted by atomic mass is 10.1. The average molecular weight is 395 g/mol. The standard InChI is InChI=1S/C21H21N3O3S/c1-13-6-7-18(14(2)9-13)24-20(26)15(3)27-19(25)10-17-12-28-21(23-17)16-5-4-8-22-11-16/h4-9,11-12,15H,10H2,1-3H3,(H,24,26)/t15-/m0/s1. The van der Waals surface area contributed by atoms with Gasteiger partial charge in [-0.1, -0.05) is 17.7 Å². The van der Waals surface area contributed by atoms with Crippen LogP contribution in [0.1, 0.15) is 23.7 Å². The van der Waals surface area contributed by atoms with Crippen LogP contribution >= 0.6 is 11.3 Å². The van der Waals surface area contributed by atoms with E-state index in [0.717, 1.165) is 21.7 Å². The molecule has 1 N–H and O–H groups in total. The summed E-state index contributed by atoms with van der Waals surface area (Å²) in [5.41, 5.74) is 4.28. The summed E-state index contributed by atoms with van der Waals surface area (Å²) >= 11 is 1.44. The largest absolute Gasteiger partial charge is 0.452 e. The van der Waals surface area contributed by atoms with Crippen LogP contribution in [0.2, 0.25) is 0 Å². The highest BCUT2D eigenvalue weighted by Gasteiger charge is 2.19. The second-order valence-electron chi connectivity index (χ2n) is 6.50. The SMILES string of the molecule is Cc1ccc(NC(=O)[C@H](C)OC(=O)Cc2csc(-c3cccnc3)n2)c(C)c1. The second kappa shape index (κ2) is 8.75. The predicted octanol–water partition coefficient (Wildman–Crippen LogP) is 3.93. The Bertz CT molecular complexity index is 986. The van der Waals surface area contributed by atoms with Crippen molar-refractivity contribution in [2.24, 2.45) is 0 Å². The molecule has 7 heteroatoms. The lowest BCUT2D eigenvalue weighted by molar-refractivity contribution is -0.152. The normalized spacial score (nSPS) is 11.7. The molecule has 2 aromatic heterocycles. The van der Waals surface area contributed by atoms with Gasteiger partial charge in [-0.3, -0.25) is 14.6 Å². The summed E-state index contributed by atoms with van der Waals surface area (Å²) in [5, 5.41) is 5.39. The van der Waals surface area contributed by atoms with Crippen LogP contribution in [0.15, 0.2) is 48.1 Å². The summed E-state index contributed by atoms with van der Waals surface area (Å²) in [6.07, 6.45) is 2.53. The summed E-state index contributed by atoms with van der Waals surface area (Å²) in [5.74, 6) is -0.860. The van der Waals surface area contributed by atoms with Crippen LogP contribution in [0, 0.1) is 13.8 Å². The van der Waals surface area contributed by atoms with E-state index in [1.807, 2.05) is 49.6 Å². The molecule has 3 aromatic rings. The fourth-order valence-corrected chi connectivity index (χ4v) is 3.45. The van der Waals surface area contributed by atoms with E-state index in [1.165, 1.54) is 11.3 Å². The first-order valence-electron chi connectivity index (χ1n) is 8.85. The molecule has 0 bridgehead atoms. The van der Waals surface area contributed by atoms with Gasteiger partial charge < -0.3 is 10.1 Å². The highest BCUT2D eigenvalue weighted by Crippen LogP contribution is 2.23. The van der Waals surface area contributed by atoms with Gasteiger partial charge in [-0.25, -0.2) is 4.98 Å². The molecule has 0 saturated heterocycles. The predicted molar refractivity (Wildman–Crippen MR) is 109 cm³/mol. The van der Waals surface area contributed by atoms with Crippen LogP contribution in [-0.4, -0.2) is 27.9 Å². The summed E-state index contributed by atoms with van der Waals surface area (Å²) in [4.78, 5) is 33.0. The number of anilines is 1. The van der Waals surface area contributed by atoms with E-state index in [2.05, 4.69) is 15.3 Å². The number of thiazole rings is 1. The molecule has 0 radical (unpaired) electrons. The van der Waals surface area contributed by atoms with Gasteiger partial charge in [0.2, 0.25) is 0 Å². The Kier molecular flexibility index (Phi) is 6.16. The molecule has 3 rings (SSSR count). The van der Waals surface area contributed by atoms with E-state index in [9.17, 15) is 9.59 Å². The number of aromatic nitrogens is 2. The maximum absolute atomic E-state index is 12.3. The average Bonchev–Trinajstić information content (AvgIpc) is 3.13. The topological polar surface area (TPSA) is 81.2 Å². The minimum absolute atomic E-state index is 0.0118. The fraction of sp³-hybridized carbons (Fsp3) is 0.238. The van der Waals surface area contributed by atoms with Crippen molar-refractivity contribution < 1.29 is 14.3 Å². The third-order valence-electron chi connectivity index (χ3n) is 4.10. The van der Waals surface area contributed by atoms with Gasteiger partial charge in [-0.2, -0.15) is 0 Å². The molecule has 1 atom stereocenters.